The van der Waals surface area contributed by atoms with Gasteiger partial charge in [-0.15, -0.1) is 11.8 Å². The van der Waals surface area contributed by atoms with Gasteiger partial charge in [-0.25, -0.2) is 0 Å². The minimum absolute atomic E-state index is 0.289. The molecule has 0 amide bonds. The molecule has 15 heavy (non-hydrogen) atoms. The second kappa shape index (κ2) is 4.77. The smallest absolute Gasteiger partial charge is 0.162 e. The molecule has 1 aromatic rings. The quantitative estimate of drug-likeness (QED) is 0.799. The van der Waals surface area contributed by atoms with Crippen LogP contribution in [0.15, 0.2) is 23.1 Å². The van der Waals surface area contributed by atoms with E-state index in [0.29, 0.717) is 19.0 Å². The van der Waals surface area contributed by atoms with E-state index < -0.39 is 0 Å². The van der Waals surface area contributed by atoms with Crippen LogP contribution in [0.3, 0.4) is 0 Å². The molecule has 0 fully saturated rings. The van der Waals surface area contributed by atoms with Crippen molar-refractivity contribution in [2.75, 3.05) is 19.0 Å². The van der Waals surface area contributed by atoms with E-state index in [1.807, 2.05) is 18.2 Å². The molecule has 0 aliphatic carbocycles. The maximum Gasteiger partial charge on any atom is 0.162 e. The second-order valence-corrected chi connectivity index (χ2v) is 4.56. The lowest BCUT2D eigenvalue weighted by atomic mass is 10.3. The maximum atomic E-state index is 9.18. The third kappa shape index (κ3) is 2.79. The molecule has 1 aliphatic heterocycles. The topological polar surface area (TPSA) is 38.7 Å². The van der Waals surface area contributed by atoms with E-state index in [2.05, 4.69) is 0 Å². The van der Waals surface area contributed by atoms with E-state index in [4.69, 9.17) is 9.47 Å². The van der Waals surface area contributed by atoms with Crippen LogP contribution in [0.1, 0.15) is 6.92 Å². The molecule has 0 radical (unpaired) electrons. The highest BCUT2D eigenvalue weighted by Crippen LogP contribution is 2.34. The maximum absolute atomic E-state index is 9.18. The lowest BCUT2D eigenvalue weighted by Gasteiger charge is -2.18. The third-order valence-electron chi connectivity index (χ3n) is 2.00. The number of hydrogen-bond donors (Lipinski definition) is 1. The predicted octanol–water partition coefficient (Wildman–Crippen LogP) is 1.93. The van der Waals surface area contributed by atoms with Gasteiger partial charge in [-0.2, -0.15) is 0 Å². The van der Waals surface area contributed by atoms with Crippen LogP contribution in [-0.2, 0) is 0 Å². The summed E-state index contributed by atoms with van der Waals surface area (Å²) in [6.07, 6.45) is -0.289. The van der Waals surface area contributed by atoms with Crippen molar-refractivity contribution in [1.29, 1.82) is 0 Å². The van der Waals surface area contributed by atoms with Crippen LogP contribution >= 0.6 is 11.8 Å². The summed E-state index contributed by atoms with van der Waals surface area (Å²) in [5.41, 5.74) is 0. The molecule has 1 atom stereocenters. The van der Waals surface area contributed by atoms with E-state index in [9.17, 15) is 5.11 Å². The van der Waals surface area contributed by atoms with E-state index in [-0.39, 0.29) is 6.10 Å². The standard InChI is InChI=1S/C11H14O3S/c1-8(12)7-15-9-2-3-10-11(6-9)14-5-4-13-10/h2-3,6,8,12H,4-5,7H2,1H3. The summed E-state index contributed by atoms with van der Waals surface area (Å²) < 4.78 is 10.9. The van der Waals surface area contributed by atoms with Crippen LogP contribution in [-0.4, -0.2) is 30.2 Å². The molecule has 0 spiro atoms. The molecule has 1 unspecified atom stereocenters. The van der Waals surface area contributed by atoms with Crippen molar-refractivity contribution < 1.29 is 14.6 Å². The molecule has 1 N–H and O–H groups in total. The number of aliphatic hydroxyl groups excluding tert-OH is 1. The Morgan fingerprint density at radius 1 is 1.33 bits per heavy atom. The van der Waals surface area contributed by atoms with Crippen molar-refractivity contribution in [1.82, 2.24) is 0 Å². The first kappa shape index (κ1) is 10.6. The monoisotopic (exact) mass is 226 g/mol. The Kier molecular flexibility index (Phi) is 3.38. The highest BCUT2D eigenvalue weighted by atomic mass is 32.2. The van der Waals surface area contributed by atoms with Gasteiger partial charge >= 0.3 is 0 Å². The van der Waals surface area contributed by atoms with Gasteiger partial charge in [-0.1, -0.05) is 0 Å². The summed E-state index contributed by atoms with van der Waals surface area (Å²) in [5.74, 6) is 2.30. The molecule has 1 aliphatic rings. The predicted molar refractivity (Wildman–Crippen MR) is 59.8 cm³/mol. The van der Waals surface area contributed by atoms with Crippen LogP contribution < -0.4 is 9.47 Å². The summed E-state index contributed by atoms with van der Waals surface area (Å²) in [4.78, 5) is 1.10. The fourth-order valence-electron chi connectivity index (χ4n) is 1.33. The lowest BCUT2D eigenvalue weighted by Crippen LogP contribution is -2.15. The molecule has 82 valence electrons. The molecule has 0 bridgehead atoms. The molecule has 0 aromatic heterocycles. The van der Waals surface area contributed by atoms with Gasteiger partial charge in [0.15, 0.2) is 11.5 Å². The van der Waals surface area contributed by atoms with Crippen molar-refractivity contribution >= 4 is 11.8 Å². The highest BCUT2D eigenvalue weighted by Gasteiger charge is 2.11. The SMILES string of the molecule is CC(O)CSc1ccc2c(c1)OCCO2. The van der Waals surface area contributed by atoms with Gasteiger partial charge in [-0.05, 0) is 25.1 Å². The zero-order valence-corrected chi connectivity index (χ0v) is 9.42. The van der Waals surface area contributed by atoms with Gasteiger partial charge in [0, 0.05) is 10.6 Å². The number of aliphatic hydroxyl groups is 1. The van der Waals surface area contributed by atoms with Gasteiger partial charge in [0.05, 0.1) is 6.10 Å². The number of rotatable bonds is 3. The number of fused-ring (bicyclic) bond motifs is 1. The summed E-state index contributed by atoms with van der Waals surface area (Å²) >= 11 is 1.62. The van der Waals surface area contributed by atoms with E-state index >= 15 is 0 Å². The Bertz CT molecular complexity index is 339. The van der Waals surface area contributed by atoms with Crippen molar-refractivity contribution in [3.63, 3.8) is 0 Å². The van der Waals surface area contributed by atoms with E-state index in [1.165, 1.54) is 0 Å². The van der Waals surface area contributed by atoms with Crippen molar-refractivity contribution in [3.8, 4) is 11.5 Å². The van der Waals surface area contributed by atoms with Gasteiger partial charge in [0.2, 0.25) is 0 Å². The Morgan fingerprint density at radius 3 is 2.80 bits per heavy atom. The van der Waals surface area contributed by atoms with Crippen molar-refractivity contribution in [2.24, 2.45) is 0 Å². The lowest BCUT2D eigenvalue weighted by molar-refractivity contribution is 0.171. The third-order valence-corrected chi connectivity index (χ3v) is 3.24. The molecule has 1 heterocycles. The Labute approximate surface area is 93.4 Å². The summed E-state index contributed by atoms with van der Waals surface area (Å²) in [6, 6.07) is 5.86. The van der Waals surface area contributed by atoms with Crippen LogP contribution in [0.25, 0.3) is 0 Å². The van der Waals surface area contributed by atoms with Crippen LogP contribution in [0.2, 0.25) is 0 Å². The fourth-order valence-corrected chi connectivity index (χ4v) is 2.12. The Morgan fingerprint density at radius 2 is 2.07 bits per heavy atom. The first-order chi connectivity index (χ1) is 7.25. The molecule has 4 heteroatoms. The van der Waals surface area contributed by atoms with Crippen molar-refractivity contribution in [2.45, 2.75) is 17.9 Å². The summed E-state index contributed by atoms with van der Waals surface area (Å²) in [5, 5.41) is 9.18. The summed E-state index contributed by atoms with van der Waals surface area (Å²) in [6.45, 7) is 3.01. The fraction of sp³-hybridized carbons (Fsp3) is 0.455. The van der Waals surface area contributed by atoms with E-state index in [0.717, 1.165) is 16.4 Å². The number of hydrogen-bond acceptors (Lipinski definition) is 4. The number of thioether (sulfide) groups is 1. The van der Waals surface area contributed by atoms with Crippen LogP contribution in [0.5, 0.6) is 11.5 Å². The molecule has 0 saturated carbocycles. The number of benzene rings is 1. The highest BCUT2D eigenvalue weighted by molar-refractivity contribution is 7.99. The molecule has 3 nitrogen and oxygen atoms in total. The zero-order valence-electron chi connectivity index (χ0n) is 8.60. The molecular formula is C11H14O3S. The zero-order chi connectivity index (χ0) is 10.7. The minimum atomic E-state index is -0.289. The Balaban J connectivity index is 2.07. The molecule has 1 aromatic carbocycles. The average molecular weight is 226 g/mol. The second-order valence-electron chi connectivity index (χ2n) is 3.47. The van der Waals surface area contributed by atoms with Crippen LogP contribution in [0, 0.1) is 0 Å². The minimum Gasteiger partial charge on any atom is -0.486 e. The average Bonchev–Trinajstić information content (AvgIpc) is 2.26. The van der Waals surface area contributed by atoms with E-state index in [1.54, 1.807) is 18.7 Å². The van der Waals surface area contributed by atoms with Gasteiger partial charge < -0.3 is 14.6 Å². The van der Waals surface area contributed by atoms with Gasteiger partial charge in [-0.3, -0.25) is 0 Å². The van der Waals surface area contributed by atoms with Gasteiger partial charge in [0.25, 0.3) is 0 Å². The van der Waals surface area contributed by atoms with Crippen molar-refractivity contribution in [3.05, 3.63) is 18.2 Å². The largest absolute Gasteiger partial charge is 0.486 e. The van der Waals surface area contributed by atoms with Crippen LogP contribution in [0.4, 0.5) is 0 Å². The first-order valence-corrected chi connectivity index (χ1v) is 5.95. The van der Waals surface area contributed by atoms with Gasteiger partial charge in [0.1, 0.15) is 13.2 Å². The summed E-state index contributed by atoms with van der Waals surface area (Å²) in [7, 11) is 0. The molecule has 2 rings (SSSR count). The molecular weight excluding hydrogens is 212 g/mol. The normalized spacial score (nSPS) is 16.1. The number of ether oxygens (including phenoxy) is 2. The Hall–Kier alpha value is -0.870. The first-order valence-electron chi connectivity index (χ1n) is 4.96. The molecule has 0 saturated heterocycles.